The summed E-state index contributed by atoms with van der Waals surface area (Å²) in [6, 6.07) is 13.9. The Morgan fingerprint density at radius 1 is 1.07 bits per heavy atom. The van der Waals surface area contributed by atoms with Gasteiger partial charge in [0.15, 0.2) is 11.5 Å². The highest BCUT2D eigenvalue weighted by Gasteiger charge is 2.24. The summed E-state index contributed by atoms with van der Waals surface area (Å²) in [5, 5.41) is 9.34. The first-order chi connectivity index (χ1) is 21.0. The van der Waals surface area contributed by atoms with Crippen LogP contribution in [0.2, 0.25) is 0 Å². The molecule has 0 aliphatic heterocycles. The average molecular weight is 597 g/mol. The van der Waals surface area contributed by atoms with Crippen molar-refractivity contribution in [1.29, 1.82) is 0 Å². The second-order valence-corrected chi connectivity index (χ2v) is 11.5. The summed E-state index contributed by atoms with van der Waals surface area (Å²) in [6.07, 6.45) is 4.90. The van der Waals surface area contributed by atoms with E-state index in [1.807, 2.05) is 58.0 Å². The van der Waals surface area contributed by atoms with Gasteiger partial charge in [-0.3, -0.25) is 9.59 Å². The van der Waals surface area contributed by atoms with Crippen LogP contribution in [0.5, 0.6) is 0 Å². The first-order valence-corrected chi connectivity index (χ1v) is 14.0. The molecule has 2 aromatic carbocycles. The second-order valence-electron chi connectivity index (χ2n) is 11.5. The number of anilines is 1. The lowest BCUT2D eigenvalue weighted by Gasteiger charge is -2.10. The fraction of sp³-hybridized carbons (Fsp3) is 0.250. The van der Waals surface area contributed by atoms with Crippen molar-refractivity contribution in [1.82, 2.24) is 35.3 Å². The van der Waals surface area contributed by atoms with Crippen LogP contribution in [-0.2, 0) is 16.8 Å². The van der Waals surface area contributed by atoms with E-state index in [4.69, 9.17) is 4.52 Å². The van der Waals surface area contributed by atoms with Gasteiger partial charge in [-0.1, -0.05) is 56.3 Å². The zero-order chi connectivity index (χ0) is 31.4. The molecule has 44 heavy (non-hydrogen) atoms. The van der Waals surface area contributed by atoms with Gasteiger partial charge in [0.2, 0.25) is 5.91 Å². The number of carbonyl (C=O) groups is 2. The Morgan fingerprint density at radius 2 is 1.89 bits per heavy atom. The fourth-order valence-corrected chi connectivity index (χ4v) is 4.32. The van der Waals surface area contributed by atoms with Crippen molar-refractivity contribution in [3.8, 4) is 22.5 Å². The molecule has 3 aromatic heterocycles. The number of hydrogen-bond donors (Lipinski definition) is 3. The van der Waals surface area contributed by atoms with Crippen LogP contribution in [0.4, 0.5) is 10.1 Å². The summed E-state index contributed by atoms with van der Waals surface area (Å²) in [7, 11) is 3.85. The summed E-state index contributed by atoms with van der Waals surface area (Å²) >= 11 is 0. The predicted octanol–water partition coefficient (Wildman–Crippen LogP) is 5.10. The largest absolute Gasteiger partial charge is 0.344 e. The maximum atomic E-state index is 15.2. The summed E-state index contributed by atoms with van der Waals surface area (Å²) in [4.78, 5) is 43.2. The Labute approximate surface area is 253 Å². The first kappa shape index (κ1) is 30.2. The molecule has 5 aromatic rings. The van der Waals surface area contributed by atoms with Gasteiger partial charge >= 0.3 is 11.8 Å². The molecule has 3 N–H and O–H groups in total. The van der Waals surface area contributed by atoms with E-state index in [0.717, 1.165) is 5.56 Å². The molecule has 0 unspecified atom stereocenters. The number of nitrogens with one attached hydrogen (secondary N) is 3. The SMILES string of the molecule is CN(C)C/C=C/C(=O)Nc1cccc(-c2nc3nccc(-c4ccc(CNC(=O)c5nc(C(C)(C)C)no5)c(F)c4)c3[nH]2)c1. The van der Waals surface area contributed by atoms with E-state index in [2.05, 4.69) is 35.7 Å². The van der Waals surface area contributed by atoms with Crippen LogP contribution >= 0.6 is 0 Å². The van der Waals surface area contributed by atoms with Crippen molar-refractivity contribution < 1.29 is 18.5 Å². The van der Waals surface area contributed by atoms with E-state index < -0.39 is 11.7 Å². The predicted molar refractivity (Wildman–Crippen MR) is 165 cm³/mol. The van der Waals surface area contributed by atoms with Gasteiger partial charge < -0.3 is 25.0 Å². The lowest BCUT2D eigenvalue weighted by molar-refractivity contribution is -0.111. The third kappa shape index (κ3) is 7.04. The van der Waals surface area contributed by atoms with Crippen LogP contribution in [0.3, 0.4) is 0 Å². The number of likely N-dealkylation sites (N-methyl/N-ethyl adjacent to an activating group) is 1. The number of pyridine rings is 1. The molecule has 11 nitrogen and oxygen atoms in total. The molecular formula is C32H33FN8O3. The highest BCUT2D eigenvalue weighted by atomic mass is 19.1. The first-order valence-electron chi connectivity index (χ1n) is 14.0. The van der Waals surface area contributed by atoms with E-state index in [1.165, 1.54) is 12.1 Å². The highest BCUT2D eigenvalue weighted by Crippen LogP contribution is 2.30. The van der Waals surface area contributed by atoms with Crippen molar-refractivity contribution in [2.75, 3.05) is 26.0 Å². The van der Waals surface area contributed by atoms with Gasteiger partial charge in [-0.25, -0.2) is 14.4 Å². The van der Waals surface area contributed by atoms with Crippen LogP contribution in [0.15, 0.2) is 71.4 Å². The second kappa shape index (κ2) is 12.6. The number of hydrogen-bond acceptors (Lipinski definition) is 8. The maximum Gasteiger partial charge on any atom is 0.315 e. The molecule has 5 rings (SSSR count). The number of fused-ring (bicyclic) bond motifs is 1. The lowest BCUT2D eigenvalue weighted by Crippen LogP contribution is -2.24. The number of benzene rings is 2. The summed E-state index contributed by atoms with van der Waals surface area (Å²) in [6.45, 7) is 6.32. The number of aromatic nitrogens is 5. The molecule has 0 fully saturated rings. The van der Waals surface area contributed by atoms with E-state index in [9.17, 15) is 9.59 Å². The molecule has 0 aliphatic rings. The van der Waals surface area contributed by atoms with Gasteiger partial charge in [0.05, 0.1) is 5.52 Å². The van der Waals surface area contributed by atoms with Gasteiger partial charge in [0.1, 0.15) is 11.6 Å². The molecule has 0 radical (unpaired) electrons. The molecule has 2 amide bonds. The van der Waals surface area contributed by atoms with Crippen LogP contribution in [0, 0.1) is 5.82 Å². The number of nitrogens with zero attached hydrogens (tertiary/aromatic N) is 5. The number of H-pyrrole nitrogens is 1. The Morgan fingerprint density at radius 3 is 2.61 bits per heavy atom. The van der Waals surface area contributed by atoms with Crippen molar-refractivity contribution in [3.63, 3.8) is 0 Å². The standard InChI is InChI=1S/C32H33FN8O3/c1-32(2,3)31-39-30(44-40-31)29(43)35-18-21-12-11-19(17-24(21)33)23-13-14-34-28-26(23)37-27(38-28)20-8-6-9-22(16-20)36-25(42)10-7-15-41(4)5/h6-14,16-17H,15,18H2,1-5H3,(H,35,43)(H,36,42)(H,34,37,38)/b10-7+. The van der Waals surface area contributed by atoms with Gasteiger partial charge in [0, 0.05) is 53.2 Å². The van der Waals surface area contributed by atoms with Crippen LogP contribution in [0.25, 0.3) is 33.7 Å². The Kier molecular flexibility index (Phi) is 8.63. The minimum atomic E-state index is -0.582. The monoisotopic (exact) mass is 596 g/mol. The molecule has 0 bridgehead atoms. The maximum absolute atomic E-state index is 15.2. The van der Waals surface area contributed by atoms with Gasteiger partial charge in [-0.15, -0.1) is 0 Å². The minimum absolute atomic E-state index is 0.0591. The van der Waals surface area contributed by atoms with E-state index in [1.54, 1.807) is 36.5 Å². The highest BCUT2D eigenvalue weighted by molar-refractivity contribution is 5.99. The number of rotatable bonds is 9. The molecule has 0 spiro atoms. The third-order valence-electron chi connectivity index (χ3n) is 6.63. The number of halogens is 1. The normalized spacial score (nSPS) is 11.9. The molecule has 0 aliphatic carbocycles. The van der Waals surface area contributed by atoms with Crippen molar-refractivity contribution in [2.24, 2.45) is 0 Å². The molecule has 3 heterocycles. The number of imidazole rings is 1. The molecule has 12 heteroatoms. The Bertz CT molecular complexity index is 1850. The van der Waals surface area contributed by atoms with Crippen LogP contribution in [-0.4, -0.2) is 62.4 Å². The van der Waals surface area contributed by atoms with Gasteiger partial charge in [-0.2, -0.15) is 4.98 Å². The number of amides is 2. The third-order valence-corrected chi connectivity index (χ3v) is 6.63. The number of aromatic amines is 1. The van der Waals surface area contributed by atoms with Crippen molar-refractivity contribution in [2.45, 2.75) is 32.7 Å². The van der Waals surface area contributed by atoms with Crippen molar-refractivity contribution >= 4 is 28.7 Å². The van der Waals surface area contributed by atoms with Crippen molar-refractivity contribution in [3.05, 3.63) is 90.0 Å². The van der Waals surface area contributed by atoms with Crippen LogP contribution in [0.1, 0.15) is 42.8 Å². The van der Waals surface area contributed by atoms with E-state index in [-0.39, 0.29) is 23.8 Å². The molecule has 0 atom stereocenters. The molecular weight excluding hydrogens is 563 g/mol. The zero-order valence-corrected chi connectivity index (χ0v) is 25.1. The summed E-state index contributed by atoms with van der Waals surface area (Å²) in [5.74, 6) is -0.516. The minimum Gasteiger partial charge on any atom is -0.344 e. The van der Waals surface area contributed by atoms with E-state index >= 15 is 4.39 Å². The molecule has 0 saturated carbocycles. The van der Waals surface area contributed by atoms with Crippen LogP contribution < -0.4 is 10.6 Å². The molecule has 0 saturated heterocycles. The zero-order valence-electron chi connectivity index (χ0n) is 25.1. The lowest BCUT2D eigenvalue weighted by atomic mass is 9.96. The Balaban J connectivity index is 1.32. The Hall–Kier alpha value is -5.23. The fourth-order valence-electron chi connectivity index (χ4n) is 4.32. The van der Waals surface area contributed by atoms with Gasteiger partial charge in [-0.05, 0) is 43.9 Å². The van der Waals surface area contributed by atoms with E-state index in [0.29, 0.717) is 51.7 Å². The van der Waals surface area contributed by atoms with Gasteiger partial charge in [0.25, 0.3) is 0 Å². The smallest absolute Gasteiger partial charge is 0.315 e. The quantitative estimate of drug-likeness (QED) is 0.200. The topological polar surface area (TPSA) is 142 Å². The summed E-state index contributed by atoms with van der Waals surface area (Å²) in [5.41, 5.74) is 3.70. The summed E-state index contributed by atoms with van der Waals surface area (Å²) < 4.78 is 20.3. The molecule has 226 valence electrons. The average Bonchev–Trinajstić information content (AvgIpc) is 3.65. The number of carbonyl (C=O) groups excluding carboxylic acids is 2.